The Morgan fingerprint density at radius 2 is 2.15 bits per heavy atom. The Balaban J connectivity index is 2.08. The molecule has 0 N–H and O–H groups in total. The number of halogens is 1. The van der Waals surface area contributed by atoms with Gasteiger partial charge in [0.15, 0.2) is 0 Å². The number of carbonyl (C=O) groups excluding carboxylic acids is 1. The van der Waals surface area contributed by atoms with Crippen LogP contribution in [0, 0.1) is 11.8 Å². The largest absolute Gasteiger partial charge is 0.496 e. The van der Waals surface area contributed by atoms with Gasteiger partial charge >= 0.3 is 5.97 Å². The maximum absolute atomic E-state index is 11.7. The topological polar surface area (TPSA) is 38.8 Å². The minimum Gasteiger partial charge on any atom is -0.496 e. The Morgan fingerprint density at radius 1 is 1.40 bits per heavy atom. The molecular weight excluding hydrogens is 278 g/mol. The lowest BCUT2D eigenvalue weighted by atomic mass is 9.99. The van der Waals surface area contributed by atoms with Gasteiger partial charge in [-0.1, -0.05) is 18.5 Å². The number of methoxy groups -OCH3 is 2. The molecule has 1 fully saturated rings. The van der Waals surface area contributed by atoms with Crippen LogP contribution in [-0.4, -0.2) is 38.2 Å². The summed E-state index contributed by atoms with van der Waals surface area (Å²) in [6.45, 7) is 4.39. The summed E-state index contributed by atoms with van der Waals surface area (Å²) in [6, 6.07) is 5.60. The first-order valence-electron chi connectivity index (χ1n) is 6.67. The van der Waals surface area contributed by atoms with Crippen LogP contribution >= 0.6 is 11.6 Å². The molecule has 0 saturated carbocycles. The van der Waals surface area contributed by atoms with Crippen molar-refractivity contribution in [1.29, 1.82) is 0 Å². The first-order chi connectivity index (χ1) is 9.55. The molecule has 1 saturated heterocycles. The van der Waals surface area contributed by atoms with Gasteiger partial charge in [-0.05, 0) is 24.1 Å². The molecule has 0 aliphatic carbocycles. The van der Waals surface area contributed by atoms with Crippen LogP contribution < -0.4 is 4.74 Å². The van der Waals surface area contributed by atoms with Crippen molar-refractivity contribution in [3.63, 3.8) is 0 Å². The van der Waals surface area contributed by atoms with Crippen LogP contribution in [0.2, 0.25) is 5.02 Å². The van der Waals surface area contributed by atoms with E-state index in [4.69, 9.17) is 21.1 Å². The Bertz CT molecular complexity index is 492. The van der Waals surface area contributed by atoms with Crippen molar-refractivity contribution in [2.75, 3.05) is 27.3 Å². The van der Waals surface area contributed by atoms with E-state index in [0.29, 0.717) is 17.5 Å². The Labute approximate surface area is 124 Å². The van der Waals surface area contributed by atoms with E-state index in [9.17, 15) is 4.79 Å². The molecule has 0 radical (unpaired) electrons. The molecule has 1 aromatic carbocycles. The van der Waals surface area contributed by atoms with Gasteiger partial charge in [0.25, 0.3) is 0 Å². The zero-order chi connectivity index (χ0) is 14.7. The fourth-order valence-corrected chi connectivity index (χ4v) is 2.96. The molecule has 20 heavy (non-hydrogen) atoms. The average Bonchev–Trinajstić information content (AvgIpc) is 2.79. The first-order valence-corrected chi connectivity index (χ1v) is 7.05. The molecular formula is C15H20ClNO3. The summed E-state index contributed by atoms with van der Waals surface area (Å²) < 4.78 is 10.2. The van der Waals surface area contributed by atoms with Crippen LogP contribution in [0.15, 0.2) is 18.2 Å². The molecule has 1 aliphatic rings. The maximum Gasteiger partial charge on any atom is 0.310 e. The van der Waals surface area contributed by atoms with Crippen LogP contribution in [0.25, 0.3) is 0 Å². The number of carbonyl (C=O) groups is 1. The van der Waals surface area contributed by atoms with E-state index in [1.807, 2.05) is 18.2 Å². The third-order valence-corrected chi connectivity index (χ3v) is 4.06. The van der Waals surface area contributed by atoms with Crippen LogP contribution in [0.5, 0.6) is 5.75 Å². The molecule has 5 heteroatoms. The van der Waals surface area contributed by atoms with Gasteiger partial charge in [-0.15, -0.1) is 0 Å². The summed E-state index contributed by atoms with van der Waals surface area (Å²) in [4.78, 5) is 13.9. The van der Waals surface area contributed by atoms with Gasteiger partial charge in [-0.3, -0.25) is 9.69 Å². The number of esters is 1. The van der Waals surface area contributed by atoms with Crippen LogP contribution in [0.4, 0.5) is 0 Å². The van der Waals surface area contributed by atoms with Crippen LogP contribution in [0.3, 0.4) is 0 Å². The Hall–Kier alpha value is -1.26. The van der Waals surface area contributed by atoms with Gasteiger partial charge < -0.3 is 9.47 Å². The average molecular weight is 298 g/mol. The summed E-state index contributed by atoms with van der Waals surface area (Å²) in [5, 5.41) is 0.692. The van der Waals surface area contributed by atoms with E-state index >= 15 is 0 Å². The molecule has 2 rings (SSSR count). The van der Waals surface area contributed by atoms with Crippen molar-refractivity contribution < 1.29 is 14.3 Å². The van der Waals surface area contributed by atoms with Crippen molar-refractivity contribution in [3.8, 4) is 5.75 Å². The normalized spacial score (nSPS) is 22.8. The lowest BCUT2D eigenvalue weighted by Gasteiger charge is -2.17. The summed E-state index contributed by atoms with van der Waals surface area (Å²) in [5.74, 6) is 0.944. The van der Waals surface area contributed by atoms with Crippen molar-refractivity contribution in [1.82, 2.24) is 4.90 Å². The second kappa shape index (κ2) is 6.46. The monoisotopic (exact) mass is 297 g/mol. The summed E-state index contributed by atoms with van der Waals surface area (Å²) in [5.41, 5.74) is 1.04. The van der Waals surface area contributed by atoms with E-state index in [-0.39, 0.29) is 11.9 Å². The van der Waals surface area contributed by atoms with Crippen molar-refractivity contribution in [2.24, 2.45) is 11.8 Å². The van der Waals surface area contributed by atoms with Gasteiger partial charge in [0.1, 0.15) is 5.75 Å². The number of likely N-dealkylation sites (tertiary alicyclic amines) is 1. The number of hydrogen-bond donors (Lipinski definition) is 0. The molecule has 4 nitrogen and oxygen atoms in total. The number of nitrogens with zero attached hydrogens (tertiary/aromatic N) is 1. The Kier molecular flexibility index (Phi) is 4.89. The summed E-state index contributed by atoms with van der Waals surface area (Å²) in [7, 11) is 3.09. The SMILES string of the molecule is COC(=O)C1CN(Cc2cc(Cl)ccc2OC)CC1C. The minimum absolute atomic E-state index is 0.0508. The van der Waals surface area contributed by atoms with Gasteiger partial charge in [0.2, 0.25) is 0 Å². The smallest absolute Gasteiger partial charge is 0.310 e. The highest BCUT2D eigenvalue weighted by Gasteiger charge is 2.35. The molecule has 0 bridgehead atoms. The third kappa shape index (κ3) is 3.25. The standard InChI is InChI=1S/C15H20ClNO3/c1-10-7-17(9-13(10)15(18)20-3)8-11-6-12(16)4-5-14(11)19-2/h4-6,10,13H,7-9H2,1-3H3. The fourth-order valence-electron chi connectivity index (χ4n) is 2.77. The van der Waals surface area contributed by atoms with Crippen LogP contribution in [0.1, 0.15) is 12.5 Å². The molecule has 1 aromatic rings. The van der Waals surface area contributed by atoms with Crippen molar-refractivity contribution in [3.05, 3.63) is 28.8 Å². The molecule has 110 valence electrons. The second-order valence-corrected chi connectivity index (χ2v) is 5.69. The number of hydrogen-bond acceptors (Lipinski definition) is 4. The molecule has 2 unspecified atom stereocenters. The zero-order valence-corrected chi connectivity index (χ0v) is 12.8. The van der Waals surface area contributed by atoms with Gasteiger partial charge in [-0.2, -0.15) is 0 Å². The molecule has 2 atom stereocenters. The predicted octanol–water partition coefficient (Wildman–Crippen LogP) is 2.59. The maximum atomic E-state index is 11.7. The molecule has 0 amide bonds. The highest BCUT2D eigenvalue weighted by Crippen LogP contribution is 2.29. The molecule has 0 aromatic heterocycles. The summed E-state index contributed by atoms with van der Waals surface area (Å²) in [6.07, 6.45) is 0. The van der Waals surface area contributed by atoms with Gasteiger partial charge in [0, 0.05) is 30.2 Å². The van der Waals surface area contributed by atoms with E-state index in [2.05, 4.69) is 11.8 Å². The molecule has 1 aliphatic heterocycles. The zero-order valence-electron chi connectivity index (χ0n) is 12.1. The van der Waals surface area contributed by atoms with E-state index < -0.39 is 0 Å². The van der Waals surface area contributed by atoms with E-state index in [0.717, 1.165) is 24.4 Å². The summed E-state index contributed by atoms with van der Waals surface area (Å²) >= 11 is 6.04. The highest BCUT2D eigenvalue weighted by molar-refractivity contribution is 6.30. The van der Waals surface area contributed by atoms with Crippen molar-refractivity contribution in [2.45, 2.75) is 13.5 Å². The quantitative estimate of drug-likeness (QED) is 0.801. The predicted molar refractivity (Wildman–Crippen MR) is 78.0 cm³/mol. The van der Waals surface area contributed by atoms with Gasteiger partial charge in [0.05, 0.1) is 20.1 Å². The lowest BCUT2D eigenvalue weighted by molar-refractivity contribution is -0.146. The second-order valence-electron chi connectivity index (χ2n) is 5.26. The minimum atomic E-state index is -0.127. The number of ether oxygens (including phenoxy) is 2. The molecule has 0 spiro atoms. The number of benzene rings is 1. The lowest BCUT2D eigenvalue weighted by Crippen LogP contribution is -2.24. The highest BCUT2D eigenvalue weighted by atomic mass is 35.5. The molecule has 1 heterocycles. The first kappa shape index (κ1) is 15.1. The van der Waals surface area contributed by atoms with Crippen LogP contribution in [-0.2, 0) is 16.1 Å². The van der Waals surface area contributed by atoms with E-state index in [1.54, 1.807) is 7.11 Å². The van der Waals surface area contributed by atoms with E-state index in [1.165, 1.54) is 7.11 Å². The Morgan fingerprint density at radius 3 is 2.80 bits per heavy atom. The number of rotatable bonds is 4. The van der Waals surface area contributed by atoms with Gasteiger partial charge in [-0.25, -0.2) is 0 Å². The fraction of sp³-hybridized carbons (Fsp3) is 0.533. The van der Waals surface area contributed by atoms with Crippen molar-refractivity contribution >= 4 is 17.6 Å². The third-order valence-electron chi connectivity index (χ3n) is 3.83.